The lowest BCUT2D eigenvalue weighted by atomic mass is 10.3. The van der Waals surface area contributed by atoms with Crippen molar-refractivity contribution in [3.05, 3.63) is 12.2 Å². The second-order valence-electron chi connectivity index (χ2n) is 1.95. The van der Waals surface area contributed by atoms with Gasteiger partial charge in [-0.05, 0) is 6.92 Å². The molecule has 0 bridgehead atoms. The van der Waals surface area contributed by atoms with Crippen molar-refractivity contribution in [2.75, 3.05) is 7.11 Å². The molecule has 0 aliphatic heterocycles. The zero-order valence-electron chi connectivity index (χ0n) is 6.20. The number of esters is 1. The number of carbonyl (C=O) groups is 1. The molecule has 0 aromatic rings. The molecule has 0 radical (unpaired) electrons. The Hall–Kier alpha value is -0.830. The minimum Gasteiger partial charge on any atom is -0.469 e. The van der Waals surface area contributed by atoms with Gasteiger partial charge in [0.05, 0.1) is 19.6 Å². The van der Waals surface area contributed by atoms with Crippen LogP contribution in [-0.4, -0.2) is 24.3 Å². The average molecular weight is 144 g/mol. The Morgan fingerprint density at radius 3 is 2.80 bits per heavy atom. The zero-order chi connectivity index (χ0) is 7.98. The lowest BCUT2D eigenvalue weighted by Gasteiger charge is -1.93. The summed E-state index contributed by atoms with van der Waals surface area (Å²) in [6, 6.07) is 0. The summed E-state index contributed by atoms with van der Waals surface area (Å²) in [5.74, 6) is -0.295. The summed E-state index contributed by atoms with van der Waals surface area (Å²) in [6.07, 6.45) is 2.85. The van der Waals surface area contributed by atoms with E-state index >= 15 is 0 Å². The van der Waals surface area contributed by atoms with Gasteiger partial charge in [-0.15, -0.1) is 0 Å². The molecule has 1 unspecified atom stereocenters. The van der Waals surface area contributed by atoms with Crippen LogP contribution in [-0.2, 0) is 9.53 Å². The molecule has 10 heavy (non-hydrogen) atoms. The van der Waals surface area contributed by atoms with Crippen LogP contribution in [0.25, 0.3) is 0 Å². The third kappa shape index (κ3) is 5.31. The van der Waals surface area contributed by atoms with E-state index in [0.717, 1.165) is 0 Å². The highest BCUT2D eigenvalue weighted by atomic mass is 16.5. The van der Waals surface area contributed by atoms with Gasteiger partial charge in [0.25, 0.3) is 0 Å². The predicted octanol–water partition coefficient (Wildman–Crippen LogP) is 0.486. The first-order valence-corrected chi connectivity index (χ1v) is 3.08. The van der Waals surface area contributed by atoms with Crippen LogP contribution in [0.5, 0.6) is 0 Å². The van der Waals surface area contributed by atoms with E-state index < -0.39 is 6.10 Å². The third-order valence-electron chi connectivity index (χ3n) is 0.927. The molecule has 3 heteroatoms. The molecule has 0 aromatic carbocycles. The van der Waals surface area contributed by atoms with E-state index in [4.69, 9.17) is 5.11 Å². The lowest BCUT2D eigenvalue weighted by Crippen LogP contribution is -1.98. The smallest absolute Gasteiger partial charge is 0.309 e. The number of carbonyl (C=O) groups excluding carboxylic acids is 1. The molecular formula is C7H12O3. The van der Waals surface area contributed by atoms with E-state index in [9.17, 15) is 4.79 Å². The highest BCUT2D eigenvalue weighted by Gasteiger charge is 1.93. The van der Waals surface area contributed by atoms with Crippen molar-refractivity contribution in [1.29, 1.82) is 0 Å². The van der Waals surface area contributed by atoms with Crippen molar-refractivity contribution in [3.8, 4) is 0 Å². The summed E-state index contributed by atoms with van der Waals surface area (Å²) in [5, 5.41) is 8.70. The summed E-state index contributed by atoms with van der Waals surface area (Å²) < 4.78 is 4.36. The Balaban J connectivity index is 3.43. The maximum Gasteiger partial charge on any atom is 0.309 e. The number of aliphatic hydroxyl groups is 1. The fourth-order valence-corrected chi connectivity index (χ4v) is 0.445. The van der Waals surface area contributed by atoms with Gasteiger partial charge in [0.2, 0.25) is 0 Å². The van der Waals surface area contributed by atoms with Crippen LogP contribution >= 0.6 is 0 Å². The quantitative estimate of drug-likeness (QED) is 0.463. The first-order valence-electron chi connectivity index (χ1n) is 3.08. The van der Waals surface area contributed by atoms with Gasteiger partial charge >= 0.3 is 5.97 Å². The van der Waals surface area contributed by atoms with E-state index in [0.29, 0.717) is 0 Å². The van der Waals surface area contributed by atoms with E-state index in [1.807, 2.05) is 0 Å². The highest BCUT2D eigenvalue weighted by Crippen LogP contribution is 1.89. The second-order valence-corrected chi connectivity index (χ2v) is 1.95. The van der Waals surface area contributed by atoms with Gasteiger partial charge in [-0.1, -0.05) is 12.2 Å². The summed E-state index contributed by atoms with van der Waals surface area (Å²) in [5.41, 5.74) is 0. The van der Waals surface area contributed by atoms with E-state index in [1.165, 1.54) is 13.2 Å². The minimum atomic E-state index is -0.496. The van der Waals surface area contributed by atoms with E-state index in [-0.39, 0.29) is 12.4 Å². The van der Waals surface area contributed by atoms with Gasteiger partial charge in [0, 0.05) is 0 Å². The van der Waals surface area contributed by atoms with Gasteiger partial charge in [-0.3, -0.25) is 4.79 Å². The molecule has 0 fully saturated rings. The summed E-state index contributed by atoms with van der Waals surface area (Å²) >= 11 is 0. The van der Waals surface area contributed by atoms with E-state index in [1.54, 1.807) is 13.0 Å². The molecule has 0 saturated heterocycles. The molecule has 0 rings (SSSR count). The third-order valence-corrected chi connectivity index (χ3v) is 0.927. The van der Waals surface area contributed by atoms with Gasteiger partial charge < -0.3 is 9.84 Å². The average Bonchev–Trinajstić information content (AvgIpc) is 1.87. The van der Waals surface area contributed by atoms with Crippen LogP contribution in [0.1, 0.15) is 13.3 Å². The number of aliphatic hydroxyl groups excluding tert-OH is 1. The van der Waals surface area contributed by atoms with Gasteiger partial charge in [0.1, 0.15) is 0 Å². The molecule has 58 valence electrons. The number of rotatable bonds is 3. The number of hydrogen-bond donors (Lipinski definition) is 1. The zero-order valence-corrected chi connectivity index (χ0v) is 6.20. The van der Waals surface area contributed by atoms with Gasteiger partial charge in [-0.25, -0.2) is 0 Å². The van der Waals surface area contributed by atoms with Crippen molar-refractivity contribution in [2.45, 2.75) is 19.4 Å². The number of methoxy groups -OCH3 is 1. The van der Waals surface area contributed by atoms with Crippen molar-refractivity contribution in [1.82, 2.24) is 0 Å². The highest BCUT2D eigenvalue weighted by molar-refractivity contribution is 5.70. The van der Waals surface area contributed by atoms with Gasteiger partial charge in [0.15, 0.2) is 0 Å². The van der Waals surface area contributed by atoms with Crippen molar-refractivity contribution >= 4 is 5.97 Å². The van der Waals surface area contributed by atoms with E-state index in [2.05, 4.69) is 4.74 Å². The van der Waals surface area contributed by atoms with Crippen molar-refractivity contribution in [2.24, 2.45) is 0 Å². The van der Waals surface area contributed by atoms with Crippen molar-refractivity contribution in [3.63, 3.8) is 0 Å². The Bertz CT molecular complexity index is 127. The summed E-state index contributed by atoms with van der Waals surface area (Å²) in [4.78, 5) is 10.4. The fraction of sp³-hybridized carbons (Fsp3) is 0.571. The molecule has 0 saturated carbocycles. The topological polar surface area (TPSA) is 46.5 Å². The number of hydrogen-bond acceptors (Lipinski definition) is 3. The Morgan fingerprint density at radius 1 is 1.80 bits per heavy atom. The second kappa shape index (κ2) is 4.99. The fourth-order valence-electron chi connectivity index (χ4n) is 0.445. The first-order chi connectivity index (χ1) is 4.66. The lowest BCUT2D eigenvalue weighted by molar-refractivity contribution is -0.139. The Labute approximate surface area is 60.3 Å². The van der Waals surface area contributed by atoms with Crippen LogP contribution < -0.4 is 0 Å². The van der Waals surface area contributed by atoms with Crippen LogP contribution in [0, 0.1) is 0 Å². The molecule has 0 aliphatic rings. The molecule has 0 amide bonds. The normalized spacial score (nSPS) is 13.5. The van der Waals surface area contributed by atoms with Gasteiger partial charge in [-0.2, -0.15) is 0 Å². The molecular weight excluding hydrogens is 132 g/mol. The molecule has 0 aromatic heterocycles. The van der Waals surface area contributed by atoms with Crippen molar-refractivity contribution < 1.29 is 14.6 Å². The monoisotopic (exact) mass is 144 g/mol. The molecule has 0 aliphatic carbocycles. The summed E-state index contributed by atoms with van der Waals surface area (Å²) in [7, 11) is 1.33. The maximum atomic E-state index is 10.4. The summed E-state index contributed by atoms with van der Waals surface area (Å²) in [6.45, 7) is 1.62. The predicted molar refractivity (Wildman–Crippen MR) is 37.5 cm³/mol. The molecule has 3 nitrogen and oxygen atoms in total. The largest absolute Gasteiger partial charge is 0.469 e. The Morgan fingerprint density at radius 2 is 2.40 bits per heavy atom. The minimum absolute atomic E-state index is 0.224. The molecule has 1 atom stereocenters. The standard InChI is InChI=1S/C7H12O3/c1-6(8)4-3-5-7(9)10-2/h3-4,6,8H,5H2,1-2H3/b4-3+. The number of ether oxygens (including phenoxy) is 1. The first kappa shape index (κ1) is 9.17. The Kier molecular flexibility index (Phi) is 4.58. The van der Waals surface area contributed by atoms with Crippen LogP contribution in [0.15, 0.2) is 12.2 Å². The van der Waals surface area contributed by atoms with Crippen LogP contribution in [0.4, 0.5) is 0 Å². The maximum absolute atomic E-state index is 10.4. The van der Waals surface area contributed by atoms with Crippen LogP contribution in [0.3, 0.4) is 0 Å². The molecule has 1 N–H and O–H groups in total. The SMILES string of the molecule is COC(=O)C/C=C/C(C)O. The molecule has 0 spiro atoms. The molecule has 0 heterocycles. The van der Waals surface area contributed by atoms with Crippen LogP contribution in [0.2, 0.25) is 0 Å².